The molecule has 0 saturated carbocycles. The van der Waals surface area contributed by atoms with E-state index in [0.29, 0.717) is 0 Å². The molecule has 0 aliphatic heterocycles. The lowest BCUT2D eigenvalue weighted by Crippen LogP contribution is -2.25. The normalized spacial score (nSPS) is 15.5. The van der Waals surface area contributed by atoms with Gasteiger partial charge in [0.15, 0.2) is 0 Å². The molecule has 12 aromatic rings. The second kappa shape index (κ2) is 14.5. The Morgan fingerprint density at radius 3 is 1.82 bits per heavy atom. The van der Waals surface area contributed by atoms with Crippen LogP contribution in [0.25, 0.3) is 93.6 Å². The Bertz CT molecular complexity index is 4140. The first kappa shape index (κ1) is 38.4. The van der Waals surface area contributed by atoms with E-state index in [1.165, 1.54) is 38.8 Å². The molecule has 0 radical (unpaired) electrons. The van der Waals surface area contributed by atoms with Crippen LogP contribution in [0.15, 0.2) is 252 Å². The summed E-state index contributed by atoms with van der Waals surface area (Å²) < 4.78 is 12.9. The molecule has 10 aromatic carbocycles. The largest absolute Gasteiger partial charge is 0.456 e. The Morgan fingerprint density at radius 1 is 0.412 bits per heavy atom. The van der Waals surface area contributed by atoms with Crippen molar-refractivity contribution in [1.29, 1.82) is 0 Å². The van der Waals surface area contributed by atoms with Gasteiger partial charge in [-0.25, -0.2) is 0 Å². The monoisotopic (exact) mass is 867 g/mol. The van der Waals surface area contributed by atoms with Crippen molar-refractivity contribution in [1.82, 2.24) is 0 Å². The predicted octanol–water partition coefficient (Wildman–Crippen LogP) is 17.9. The highest BCUT2D eigenvalue weighted by Crippen LogP contribution is 2.65. The molecule has 2 aromatic heterocycles. The summed E-state index contributed by atoms with van der Waals surface area (Å²) in [4.78, 5) is 2.46. The SMILES string of the molecule is C=C/C=C1\C(=C)C2(c3ccccc31)c1ccccc1-c1c(N(c3ccc(-c4ccc5c(c4)oc4ccccc45)cc3)c3ccccc3-c3ccc4oc5cc6ccccc6cc5c4c3)cccc12. The van der Waals surface area contributed by atoms with E-state index in [0.717, 1.165) is 99.7 Å². The second-order valence-corrected chi connectivity index (χ2v) is 18.1. The molecular formula is C65H41NO2. The van der Waals surface area contributed by atoms with Gasteiger partial charge in [0.1, 0.15) is 22.3 Å². The van der Waals surface area contributed by atoms with Crippen LogP contribution in [0.5, 0.6) is 0 Å². The molecule has 1 atom stereocenters. The van der Waals surface area contributed by atoms with Gasteiger partial charge in [-0.15, -0.1) is 0 Å². The standard InChI is InChI=1S/C65H41NO2/c1-3-15-47-40(2)65(55-22-10-6-19-49(47)55)56-23-11-7-21-52(56)64-57(65)24-14-26-59(64)66(46-32-28-41(29-33-46)44-30-34-51-50-20-9-13-27-60(50)67-62(51)39-44)58-25-12-8-18-48(58)45-31-35-61-53(37-45)54-36-42-16-4-5-17-43(42)38-63(54)68-61/h3-39H,1-2H2/b47-15+. The van der Waals surface area contributed by atoms with Crippen LogP contribution in [0.2, 0.25) is 0 Å². The van der Waals surface area contributed by atoms with E-state index in [1.54, 1.807) is 0 Å². The zero-order valence-corrected chi connectivity index (χ0v) is 37.0. The number of nitrogens with zero attached hydrogens (tertiary/aromatic N) is 1. The highest BCUT2D eigenvalue weighted by Gasteiger charge is 2.53. The van der Waals surface area contributed by atoms with Crippen molar-refractivity contribution in [2.45, 2.75) is 5.41 Å². The van der Waals surface area contributed by atoms with Crippen LogP contribution < -0.4 is 4.90 Å². The van der Waals surface area contributed by atoms with E-state index in [4.69, 9.17) is 15.4 Å². The fourth-order valence-corrected chi connectivity index (χ4v) is 11.6. The maximum atomic E-state index is 6.51. The summed E-state index contributed by atoms with van der Waals surface area (Å²) in [5, 5.41) is 6.80. The van der Waals surface area contributed by atoms with Crippen LogP contribution in [-0.4, -0.2) is 0 Å². The maximum absolute atomic E-state index is 6.51. The molecule has 3 heteroatoms. The summed E-state index contributed by atoms with van der Waals surface area (Å²) >= 11 is 0. The molecule has 1 unspecified atom stereocenters. The fraction of sp³-hybridized carbons (Fsp3) is 0.0154. The molecule has 1 spiro atoms. The van der Waals surface area contributed by atoms with Crippen LogP contribution in [0.1, 0.15) is 22.3 Å². The maximum Gasteiger partial charge on any atom is 0.136 e. The number of hydrogen-bond donors (Lipinski definition) is 0. The lowest BCUT2D eigenvalue weighted by molar-refractivity contribution is 0.669. The number of para-hydroxylation sites is 2. The lowest BCUT2D eigenvalue weighted by atomic mass is 9.71. The quantitative estimate of drug-likeness (QED) is 0.167. The number of furan rings is 2. The summed E-state index contributed by atoms with van der Waals surface area (Å²) in [6, 6.07) is 76.7. The minimum Gasteiger partial charge on any atom is -0.456 e. The molecule has 3 nitrogen and oxygen atoms in total. The van der Waals surface area contributed by atoms with E-state index < -0.39 is 5.41 Å². The third kappa shape index (κ3) is 5.36. The number of fused-ring (bicyclic) bond motifs is 14. The van der Waals surface area contributed by atoms with Crippen molar-refractivity contribution in [3.63, 3.8) is 0 Å². The Kier molecular flexibility index (Phi) is 8.20. The molecule has 0 N–H and O–H groups in total. The van der Waals surface area contributed by atoms with E-state index in [-0.39, 0.29) is 0 Å². The number of rotatable bonds is 6. The van der Waals surface area contributed by atoms with Crippen LogP contribution in [-0.2, 0) is 5.41 Å². The van der Waals surface area contributed by atoms with Crippen LogP contribution in [0.3, 0.4) is 0 Å². The minimum absolute atomic E-state index is 0.588. The van der Waals surface area contributed by atoms with Gasteiger partial charge in [0.05, 0.1) is 16.8 Å². The molecule has 68 heavy (non-hydrogen) atoms. The van der Waals surface area contributed by atoms with Gasteiger partial charge in [0.25, 0.3) is 0 Å². The first-order chi connectivity index (χ1) is 33.6. The van der Waals surface area contributed by atoms with Crippen LogP contribution in [0, 0.1) is 0 Å². The zero-order chi connectivity index (χ0) is 45.1. The lowest BCUT2D eigenvalue weighted by Gasteiger charge is -2.32. The number of anilines is 3. The molecule has 0 fully saturated rings. The molecule has 0 amide bonds. The smallest absolute Gasteiger partial charge is 0.136 e. The Balaban J connectivity index is 0.993. The van der Waals surface area contributed by atoms with E-state index in [1.807, 2.05) is 18.2 Å². The van der Waals surface area contributed by atoms with Gasteiger partial charge in [-0.05, 0) is 133 Å². The Morgan fingerprint density at radius 2 is 1.00 bits per heavy atom. The number of benzene rings is 10. The van der Waals surface area contributed by atoms with Crippen molar-refractivity contribution < 1.29 is 8.83 Å². The van der Waals surface area contributed by atoms with E-state index in [9.17, 15) is 0 Å². The molecule has 14 rings (SSSR count). The Labute approximate surface area is 393 Å². The van der Waals surface area contributed by atoms with Crippen molar-refractivity contribution in [3.8, 4) is 33.4 Å². The Hall–Kier alpha value is -8.92. The van der Waals surface area contributed by atoms with Gasteiger partial charge >= 0.3 is 0 Å². The van der Waals surface area contributed by atoms with E-state index in [2.05, 4.69) is 218 Å². The highest BCUT2D eigenvalue weighted by molar-refractivity contribution is 6.12. The molecular weight excluding hydrogens is 827 g/mol. The summed E-state index contributed by atoms with van der Waals surface area (Å²) in [7, 11) is 0. The first-order valence-corrected chi connectivity index (χ1v) is 23.2. The van der Waals surface area contributed by atoms with Gasteiger partial charge in [0.2, 0.25) is 0 Å². The van der Waals surface area contributed by atoms with Gasteiger partial charge in [-0.2, -0.15) is 0 Å². The predicted molar refractivity (Wildman–Crippen MR) is 283 cm³/mol. The zero-order valence-electron chi connectivity index (χ0n) is 37.0. The molecule has 2 heterocycles. The van der Waals surface area contributed by atoms with Crippen molar-refractivity contribution in [2.75, 3.05) is 4.90 Å². The molecule has 0 saturated heterocycles. The average Bonchev–Trinajstić information content (AvgIpc) is 4.11. The molecule has 2 aliphatic carbocycles. The summed E-state index contributed by atoms with van der Waals surface area (Å²) in [5.74, 6) is 0. The third-order valence-corrected chi connectivity index (χ3v) is 14.6. The average molecular weight is 868 g/mol. The molecule has 0 bridgehead atoms. The van der Waals surface area contributed by atoms with Crippen LogP contribution in [0.4, 0.5) is 17.1 Å². The van der Waals surface area contributed by atoms with Crippen LogP contribution >= 0.6 is 0 Å². The first-order valence-electron chi connectivity index (χ1n) is 23.2. The fourth-order valence-electron chi connectivity index (χ4n) is 11.6. The van der Waals surface area contributed by atoms with Crippen molar-refractivity contribution >= 4 is 77.3 Å². The van der Waals surface area contributed by atoms with Gasteiger partial charge < -0.3 is 13.7 Å². The summed E-state index contributed by atoms with van der Waals surface area (Å²) in [6.07, 6.45) is 4.01. The van der Waals surface area contributed by atoms with Gasteiger partial charge in [-0.1, -0.05) is 171 Å². The number of allylic oxidation sites excluding steroid dienone is 4. The second-order valence-electron chi connectivity index (χ2n) is 18.1. The summed E-state index contributed by atoms with van der Waals surface area (Å²) in [6.45, 7) is 9.06. The minimum atomic E-state index is -0.588. The molecule has 318 valence electrons. The highest BCUT2D eigenvalue weighted by atomic mass is 16.3. The van der Waals surface area contributed by atoms with Crippen molar-refractivity contribution in [2.24, 2.45) is 0 Å². The molecule has 2 aliphatic rings. The topological polar surface area (TPSA) is 29.5 Å². The number of hydrogen-bond acceptors (Lipinski definition) is 3. The van der Waals surface area contributed by atoms with Gasteiger partial charge in [-0.3, -0.25) is 0 Å². The van der Waals surface area contributed by atoms with E-state index >= 15 is 0 Å². The van der Waals surface area contributed by atoms with Crippen molar-refractivity contribution in [3.05, 3.63) is 265 Å². The van der Waals surface area contributed by atoms with Gasteiger partial charge in [0, 0.05) is 38.4 Å². The third-order valence-electron chi connectivity index (χ3n) is 14.6. The summed E-state index contributed by atoms with van der Waals surface area (Å²) in [5.41, 5.74) is 20.0.